The van der Waals surface area contributed by atoms with E-state index in [1.807, 2.05) is 32.9 Å². The Morgan fingerprint density at radius 1 is 1.07 bits per heavy atom. The normalized spacial score (nSPS) is 16.4. The van der Waals surface area contributed by atoms with Crippen LogP contribution in [0, 0.1) is 26.7 Å². The topological polar surface area (TPSA) is 66.5 Å². The first kappa shape index (κ1) is 21.9. The molecule has 0 aliphatic carbocycles. The van der Waals surface area contributed by atoms with E-state index in [0.717, 1.165) is 36.1 Å². The summed E-state index contributed by atoms with van der Waals surface area (Å²) in [4.78, 5) is 12.7. The Morgan fingerprint density at radius 3 is 2.22 bits per heavy atom. The highest BCUT2D eigenvalue weighted by molar-refractivity contribution is 7.89. The Hall–Kier alpha value is -1.40. The van der Waals surface area contributed by atoms with Crippen molar-refractivity contribution in [1.82, 2.24) is 9.62 Å². The van der Waals surface area contributed by atoms with E-state index in [1.165, 1.54) is 12.8 Å². The SMILES string of the molecule is CCCCCCNC(=O)C1CCN(S(=O)(=O)c2c(C)cc(C)cc2C)CC1. The second kappa shape index (κ2) is 9.69. The van der Waals surface area contributed by atoms with Crippen molar-refractivity contribution < 1.29 is 13.2 Å². The maximum absolute atomic E-state index is 13.1. The Morgan fingerprint density at radius 2 is 1.67 bits per heavy atom. The number of nitrogens with one attached hydrogen (secondary N) is 1. The van der Waals surface area contributed by atoms with Gasteiger partial charge in [-0.2, -0.15) is 4.31 Å². The molecule has 6 heteroatoms. The molecule has 152 valence electrons. The molecule has 1 aromatic carbocycles. The standard InChI is InChI=1S/C21H34N2O3S/c1-5-6-7-8-11-22-21(24)19-9-12-23(13-10-19)27(25,26)20-17(3)14-16(2)15-18(20)4/h14-15,19H,5-13H2,1-4H3,(H,22,24). The Balaban J connectivity index is 1.94. The van der Waals surface area contributed by atoms with Gasteiger partial charge in [0.15, 0.2) is 0 Å². The number of amides is 1. The largest absolute Gasteiger partial charge is 0.356 e. The summed E-state index contributed by atoms with van der Waals surface area (Å²) in [5.41, 5.74) is 2.65. The zero-order valence-corrected chi connectivity index (χ0v) is 18.0. The molecular formula is C21H34N2O3S. The fourth-order valence-corrected chi connectivity index (χ4v) is 5.85. The molecule has 1 N–H and O–H groups in total. The van der Waals surface area contributed by atoms with Gasteiger partial charge in [0.2, 0.25) is 15.9 Å². The minimum Gasteiger partial charge on any atom is -0.356 e. The summed E-state index contributed by atoms with van der Waals surface area (Å²) in [6.07, 6.45) is 5.71. The number of aryl methyl sites for hydroxylation is 3. The van der Waals surface area contributed by atoms with E-state index >= 15 is 0 Å². The molecular weight excluding hydrogens is 360 g/mol. The van der Waals surface area contributed by atoms with Crippen LogP contribution in [0.25, 0.3) is 0 Å². The molecule has 0 saturated carbocycles. The van der Waals surface area contributed by atoms with Crippen LogP contribution in [0.15, 0.2) is 17.0 Å². The summed E-state index contributed by atoms with van der Waals surface area (Å²) in [5, 5.41) is 3.01. The summed E-state index contributed by atoms with van der Waals surface area (Å²) >= 11 is 0. The van der Waals surface area contributed by atoms with Crippen LogP contribution < -0.4 is 5.32 Å². The minimum atomic E-state index is -3.51. The molecule has 27 heavy (non-hydrogen) atoms. The van der Waals surface area contributed by atoms with Crippen molar-refractivity contribution in [2.45, 2.75) is 71.1 Å². The summed E-state index contributed by atoms with van der Waals surface area (Å²) in [6.45, 7) is 9.38. The average Bonchev–Trinajstić information content (AvgIpc) is 2.60. The van der Waals surface area contributed by atoms with Gasteiger partial charge in [0.05, 0.1) is 4.90 Å². The smallest absolute Gasteiger partial charge is 0.243 e. The highest BCUT2D eigenvalue weighted by atomic mass is 32.2. The molecule has 2 rings (SSSR count). The minimum absolute atomic E-state index is 0.0752. The molecule has 0 bridgehead atoms. The fourth-order valence-electron chi connectivity index (χ4n) is 3.97. The number of hydrogen-bond acceptors (Lipinski definition) is 3. The zero-order valence-electron chi connectivity index (χ0n) is 17.2. The number of sulfonamides is 1. The maximum Gasteiger partial charge on any atom is 0.243 e. The van der Waals surface area contributed by atoms with Crippen molar-refractivity contribution in [3.63, 3.8) is 0 Å². The lowest BCUT2D eigenvalue weighted by Crippen LogP contribution is -2.43. The first-order valence-electron chi connectivity index (χ1n) is 10.1. The van der Waals surface area contributed by atoms with Gasteiger partial charge < -0.3 is 5.32 Å². The summed E-state index contributed by atoms with van der Waals surface area (Å²) < 4.78 is 27.8. The second-order valence-corrected chi connectivity index (χ2v) is 9.63. The Bertz CT molecular complexity index is 728. The van der Waals surface area contributed by atoms with Crippen molar-refractivity contribution in [3.8, 4) is 0 Å². The van der Waals surface area contributed by atoms with E-state index in [1.54, 1.807) is 4.31 Å². The van der Waals surface area contributed by atoms with Crippen LogP contribution in [0.2, 0.25) is 0 Å². The van der Waals surface area contributed by atoms with Crippen LogP contribution in [0.4, 0.5) is 0 Å². The molecule has 0 atom stereocenters. The number of nitrogens with zero attached hydrogens (tertiary/aromatic N) is 1. The molecule has 0 radical (unpaired) electrons. The van der Waals surface area contributed by atoms with Crippen molar-refractivity contribution in [3.05, 3.63) is 28.8 Å². The van der Waals surface area contributed by atoms with E-state index in [0.29, 0.717) is 30.8 Å². The molecule has 1 fully saturated rings. The number of carbonyl (C=O) groups excluding carboxylic acids is 1. The van der Waals surface area contributed by atoms with E-state index < -0.39 is 10.0 Å². The lowest BCUT2D eigenvalue weighted by Gasteiger charge is -2.31. The Labute approximate surface area is 164 Å². The van der Waals surface area contributed by atoms with Crippen molar-refractivity contribution >= 4 is 15.9 Å². The van der Waals surface area contributed by atoms with E-state index in [9.17, 15) is 13.2 Å². The van der Waals surface area contributed by atoms with E-state index in [4.69, 9.17) is 0 Å². The van der Waals surface area contributed by atoms with Crippen molar-refractivity contribution in [1.29, 1.82) is 0 Å². The van der Waals surface area contributed by atoms with Gasteiger partial charge in [0.1, 0.15) is 0 Å². The van der Waals surface area contributed by atoms with Crippen LogP contribution in [0.5, 0.6) is 0 Å². The van der Waals surface area contributed by atoms with Crippen LogP contribution in [0.3, 0.4) is 0 Å². The fraction of sp³-hybridized carbons (Fsp3) is 0.667. The third-order valence-electron chi connectivity index (χ3n) is 5.36. The zero-order chi connectivity index (χ0) is 20.0. The number of hydrogen-bond donors (Lipinski definition) is 1. The highest BCUT2D eigenvalue weighted by Gasteiger charge is 2.33. The molecule has 1 saturated heterocycles. The summed E-state index contributed by atoms with van der Waals surface area (Å²) in [5.74, 6) is -0.00548. The quantitative estimate of drug-likeness (QED) is 0.684. The van der Waals surface area contributed by atoms with Gasteiger partial charge in [-0.1, -0.05) is 43.9 Å². The predicted octanol–water partition coefficient (Wildman–Crippen LogP) is 3.71. The van der Waals surface area contributed by atoms with Gasteiger partial charge in [0.25, 0.3) is 0 Å². The van der Waals surface area contributed by atoms with E-state index in [2.05, 4.69) is 12.2 Å². The van der Waals surface area contributed by atoms with Gasteiger partial charge in [-0.15, -0.1) is 0 Å². The van der Waals surface area contributed by atoms with Crippen LogP contribution in [0.1, 0.15) is 62.1 Å². The third-order valence-corrected chi connectivity index (χ3v) is 7.56. The summed E-state index contributed by atoms with van der Waals surface area (Å²) in [6, 6.07) is 3.83. The molecule has 0 spiro atoms. The number of piperidine rings is 1. The van der Waals surface area contributed by atoms with Crippen LogP contribution in [-0.4, -0.2) is 38.3 Å². The van der Waals surface area contributed by atoms with Crippen molar-refractivity contribution in [2.24, 2.45) is 5.92 Å². The number of benzene rings is 1. The maximum atomic E-state index is 13.1. The first-order chi connectivity index (χ1) is 12.8. The van der Waals surface area contributed by atoms with Crippen molar-refractivity contribution in [2.75, 3.05) is 19.6 Å². The lowest BCUT2D eigenvalue weighted by atomic mass is 9.97. The van der Waals surface area contributed by atoms with E-state index in [-0.39, 0.29) is 11.8 Å². The average molecular weight is 395 g/mol. The molecule has 1 heterocycles. The first-order valence-corrected chi connectivity index (χ1v) is 11.6. The third kappa shape index (κ3) is 5.55. The van der Waals surface area contributed by atoms with Gasteiger partial charge in [0, 0.05) is 25.6 Å². The number of carbonyl (C=O) groups is 1. The molecule has 0 aromatic heterocycles. The Kier molecular flexibility index (Phi) is 7.86. The molecule has 1 aromatic rings. The molecule has 5 nitrogen and oxygen atoms in total. The van der Waals surface area contributed by atoms with Gasteiger partial charge >= 0.3 is 0 Å². The summed E-state index contributed by atoms with van der Waals surface area (Å²) in [7, 11) is -3.51. The molecule has 1 amide bonds. The van der Waals surface area contributed by atoms with Gasteiger partial charge in [-0.25, -0.2) is 8.42 Å². The lowest BCUT2D eigenvalue weighted by molar-refractivity contribution is -0.126. The molecule has 1 aliphatic heterocycles. The molecule has 0 unspecified atom stereocenters. The number of unbranched alkanes of at least 4 members (excludes halogenated alkanes) is 3. The second-order valence-electron chi connectivity index (χ2n) is 7.76. The van der Waals surface area contributed by atoms with Gasteiger partial charge in [-0.3, -0.25) is 4.79 Å². The predicted molar refractivity (Wildman–Crippen MR) is 109 cm³/mol. The molecule has 1 aliphatic rings. The monoisotopic (exact) mass is 394 g/mol. The van der Waals surface area contributed by atoms with Gasteiger partial charge in [-0.05, 0) is 51.2 Å². The number of rotatable bonds is 8. The highest BCUT2D eigenvalue weighted by Crippen LogP contribution is 2.28. The van der Waals surface area contributed by atoms with Crippen LogP contribution in [-0.2, 0) is 14.8 Å². The van der Waals surface area contributed by atoms with Crippen LogP contribution >= 0.6 is 0 Å².